The average Bonchev–Trinajstić information content (AvgIpc) is 3.28. The molecular formula is C22H25FN4O2. The van der Waals surface area contributed by atoms with E-state index in [4.69, 9.17) is 0 Å². The van der Waals surface area contributed by atoms with Crippen LogP contribution in [0.1, 0.15) is 50.0 Å². The van der Waals surface area contributed by atoms with Crippen LogP contribution >= 0.6 is 0 Å². The molecule has 1 aromatic carbocycles. The number of likely N-dealkylation sites (tertiary alicyclic amines) is 2. The molecule has 3 heterocycles. The maximum absolute atomic E-state index is 13.5. The van der Waals surface area contributed by atoms with E-state index in [1.54, 1.807) is 25.1 Å². The number of hydrogen-bond acceptors (Lipinski definition) is 3. The smallest absolute Gasteiger partial charge is 0.272 e. The third-order valence-corrected chi connectivity index (χ3v) is 7.25. The van der Waals surface area contributed by atoms with E-state index in [2.05, 4.69) is 17.1 Å². The lowest BCUT2D eigenvalue weighted by Gasteiger charge is -2.49. The first-order chi connectivity index (χ1) is 13.9. The van der Waals surface area contributed by atoms with Crippen molar-refractivity contribution in [3.05, 3.63) is 41.8 Å². The molecule has 6 nitrogen and oxygen atoms in total. The number of halogens is 1. The SMILES string of the molecule is CC(=O)N1C[C@@H]2C[C@@]3(C)[C@H](CCC[C@@H]13)N2C(=O)c1cc(-c2ccc(F)cc2)n[nH]1. The highest BCUT2D eigenvalue weighted by molar-refractivity contribution is 5.94. The van der Waals surface area contributed by atoms with E-state index >= 15 is 0 Å². The lowest BCUT2D eigenvalue weighted by Crippen LogP contribution is -2.57. The number of benzene rings is 1. The monoisotopic (exact) mass is 396 g/mol. The van der Waals surface area contributed by atoms with Crippen LogP contribution in [0.3, 0.4) is 0 Å². The Morgan fingerprint density at radius 2 is 1.93 bits per heavy atom. The largest absolute Gasteiger partial charge is 0.337 e. The Bertz CT molecular complexity index is 971. The molecule has 5 rings (SSSR count). The summed E-state index contributed by atoms with van der Waals surface area (Å²) in [7, 11) is 0. The number of carbonyl (C=O) groups is 2. The van der Waals surface area contributed by atoms with Crippen molar-refractivity contribution in [2.24, 2.45) is 5.41 Å². The van der Waals surface area contributed by atoms with Gasteiger partial charge in [-0.1, -0.05) is 6.92 Å². The van der Waals surface area contributed by atoms with Crippen LogP contribution in [0.25, 0.3) is 11.3 Å². The molecule has 0 radical (unpaired) electrons. The lowest BCUT2D eigenvalue weighted by atomic mass is 9.66. The number of carbonyl (C=O) groups excluding carboxylic acids is 2. The van der Waals surface area contributed by atoms with Gasteiger partial charge in [-0.05, 0) is 56.0 Å². The van der Waals surface area contributed by atoms with E-state index in [-0.39, 0.29) is 41.2 Å². The lowest BCUT2D eigenvalue weighted by molar-refractivity contribution is -0.137. The molecule has 0 unspecified atom stereocenters. The molecule has 2 amide bonds. The summed E-state index contributed by atoms with van der Waals surface area (Å²) in [5.41, 5.74) is 1.77. The number of hydrogen-bond donors (Lipinski definition) is 1. The summed E-state index contributed by atoms with van der Waals surface area (Å²) in [5, 5.41) is 7.16. The van der Waals surface area contributed by atoms with Crippen LogP contribution in [0, 0.1) is 11.2 Å². The molecule has 7 heteroatoms. The van der Waals surface area contributed by atoms with E-state index < -0.39 is 0 Å². The second kappa shape index (κ2) is 6.40. The summed E-state index contributed by atoms with van der Waals surface area (Å²) in [4.78, 5) is 29.8. The van der Waals surface area contributed by atoms with Gasteiger partial charge in [0.25, 0.3) is 5.91 Å². The molecule has 2 aromatic rings. The van der Waals surface area contributed by atoms with Gasteiger partial charge in [-0.3, -0.25) is 14.7 Å². The van der Waals surface area contributed by atoms with E-state index in [9.17, 15) is 14.0 Å². The molecule has 3 fully saturated rings. The van der Waals surface area contributed by atoms with Gasteiger partial charge >= 0.3 is 0 Å². The topological polar surface area (TPSA) is 69.3 Å². The van der Waals surface area contributed by atoms with Gasteiger partial charge in [0, 0.05) is 36.5 Å². The molecule has 4 atom stereocenters. The molecule has 152 valence electrons. The first-order valence-electron chi connectivity index (χ1n) is 10.3. The Hall–Kier alpha value is -2.70. The number of amides is 2. The van der Waals surface area contributed by atoms with E-state index in [0.29, 0.717) is 17.9 Å². The van der Waals surface area contributed by atoms with E-state index in [1.807, 2.05) is 9.80 Å². The highest BCUT2D eigenvalue weighted by Gasteiger charge is 2.61. The third-order valence-electron chi connectivity index (χ3n) is 7.25. The van der Waals surface area contributed by atoms with Crippen molar-refractivity contribution in [2.75, 3.05) is 6.54 Å². The highest BCUT2D eigenvalue weighted by atomic mass is 19.1. The number of fused-ring (bicyclic) bond motifs is 1. The first-order valence-corrected chi connectivity index (χ1v) is 10.3. The van der Waals surface area contributed by atoms with Gasteiger partial charge in [0.05, 0.1) is 11.7 Å². The Morgan fingerprint density at radius 1 is 1.21 bits per heavy atom. The van der Waals surface area contributed by atoms with Crippen molar-refractivity contribution in [3.8, 4) is 11.3 Å². The second-order valence-corrected chi connectivity index (χ2v) is 8.88. The van der Waals surface area contributed by atoms with Gasteiger partial charge < -0.3 is 9.80 Å². The molecule has 0 spiro atoms. The summed E-state index contributed by atoms with van der Waals surface area (Å²) >= 11 is 0. The number of aromatic amines is 1. The minimum Gasteiger partial charge on any atom is -0.337 e. The number of nitrogens with one attached hydrogen (secondary N) is 1. The predicted molar refractivity (Wildman–Crippen MR) is 105 cm³/mol. The Morgan fingerprint density at radius 3 is 2.66 bits per heavy atom. The molecule has 2 bridgehead atoms. The third kappa shape index (κ3) is 2.70. The van der Waals surface area contributed by atoms with Gasteiger partial charge in [-0.25, -0.2) is 4.39 Å². The maximum atomic E-state index is 13.5. The van der Waals surface area contributed by atoms with Gasteiger partial charge in [0.1, 0.15) is 11.5 Å². The predicted octanol–water partition coefficient (Wildman–Crippen LogP) is 3.22. The maximum Gasteiger partial charge on any atom is 0.272 e. The fraction of sp³-hybridized carbons (Fsp3) is 0.500. The first kappa shape index (κ1) is 18.3. The zero-order valence-corrected chi connectivity index (χ0v) is 16.7. The van der Waals surface area contributed by atoms with Crippen LogP contribution < -0.4 is 0 Å². The summed E-state index contributed by atoms with van der Waals surface area (Å²) in [5.74, 6) is -0.267. The Balaban J connectivity index is 1.46. The molecule has 1 aromatic heterocycles. The number of rotatable bonds is 2. The van der Waals surface area contributed by atoms with Crippen LogP contribution in [-0.2, 0) is 4.79 Å². The molecule has 2 aliphatic heterocycles. The highest BCUT2D eigenvalue weighted by Crippen LogP contribution is 2.54. The summed E-state index contributed by atoms with van der Waals surface area (Å²) in [6.45, 7) is 4.48. The van der Waals surface area contributed by atoms with Crippen molar-refractivity contribution >= 4 is 11.8 Å². The van der Waals surface area contributed by atoms with Crippen molar-refractivity contribution in [3.63, 3.8) is 0 Å². The molecule has 1 N–H and O–H groups in total. The van der Waals surface area contributed by atoms with Crippen LogP contribution in [0.2, 0.25) is 0 Å². The van der Waals surface area contributed by atoms with Crippen molar-refractivity contribution < 1.29 is 14.0 Å². The van der Waals surface area contributed by atoms with Gasteiger partial charge in [0.2, 0.25) is 5.91 Å². The van der Waals surface area contributed by atoms with Crippen LogP contribution in [0.5, 0.6) is 0 Å². The molecule has 2 saturated heterocycles. The number of H-pyrrole nitrogens is 1. The standard InChI is InChI=1S/C22H25FN4O2/c1-13(28)26-12-16-11-22(2)19(26)4-3-5-20(22)27(16)21(29)18-10-17(24-25-18)14-6-8-15(23)9-7-14/h6-10,16,19-20H,3-5,11-12H2,1-2H3,(H,24,25)/t16-,19+,20-,22+/m0/s1. The van der Waals surface area contributed by atoms with Crippen LogP contribution in [0.15, 0.2) is 30.3 Å². The second-order valence-electron chi connectivity index (χ2n) is 8.88. The molecular weight excluding hydrogens is 371 g/mol. The van der Waals surface area contributed by atoms with Crippen LogP contribution in [-0.4, -0.2) is 56.5 Å². The number of nitrogens with zero attached hydrogens (tertiary/aromatic N) is 3. The molecule has 3 aliphatic rings. The average molecular weight is 396 g/mol. The molecule has 29 heavy (non-hydrogen) atoms. The minimum absolute atomic E-state index is 0.0355. The summed E-state index contributed by atoms with van der Waals surface area (Å²) < 4.78 is 13.2. The van der Waals surface area contributed by atoms with Gasteiger partial charge in [-0.15, -0.1) is 0 Å². The van der Waals surface area contributed by atoms with Gasteiger partial charge in [-0.2, -0.15) is 5.10 Å². The van der Waals surface area contributed by atoms with E-state index in [0.717, 1.165) is 31.2 Å². The minimum atomic E-state index is -0.306. The fourth-order valence-corrected chi connectivity index (χ4v) is 5.99. The fourth-order valence-electron chi connectivity index (χ4n) is 5.99. The molecule has 1 saturated carbocycles. The van der Waals surface area contributed by atoms with E-state index in [1.165, 1.54) is 12.1 Å². The van der Waals surface area contributed by atoms with Crippen LogP contribution in [0.4, 0.5) is 4.39 Å². The zero-order chi connectivity index (χ0) is 20.3. The summed E-state index contributed by atoms with van der Waals surface area (Å²) in [6, 6.07) is 8.20. The Labute approximate surface area is 169 Å². The number of aromatic nitrogens is 2. The normalized spacial score (nSPS) is 30.5. The van der Waals surface area contributed by atoms with Crippen molar-refractivity contribution in [1.29, 1.82) is 0 Å². The van der Waals surface area contributed by atoms with Crippen molar-refractivity contribution in [1.82, 2.24) is 20.0 Å². The Kier molecular flexibility index (Phi) is 4.05. The summed E-state index contributed by atoms with van der Waals surface area (Å²) in [6.07, 6.45) is 3.95. The van der Waals surface area contributed by atoms with Crippen molar-refractivity contribution in [2.45, 2.75) is 57.7 Å². The molecule has 1 aliphatic carbocycles. The number of piperidine rings is 1. The van der Waals surface area contributed by atoms with Gasteiger partial charge in [0.15, 0.2) is 0 Å². The quantitative estimate of drug-likeness (QED) is 0.847. The zero-order valence-electron chi connectivity index (χ0n) is 16.7.